The zero-order valence-corrected chi connectivity index (χ0v) is 12.0. The van der Waals surface area contributed by atoms with Crippen LogP contribution >= 0.6 is 0 Å². The fourth-order valence-corrected chi connectivity index (χ4v) is 2.33. The van der Waals surface area contributed by atoms with Gasteiger partial charge in [0.25, 0.3) is 0 Å². The molecule has 0 spiro atoms. The van der Waals surface area contributed by atoms with Crippen molar-refractivity contribution in [2.45, 2.75) is 0 Å². The largest absolute Gasteiger partial charge is 0.496 e. The van der Waals surface area contributed by atoms with Crippen LogP contribution in [0.3, 0.4) is 0 Å². The first-order valence-electron chi connectivity index (χ1n) is 6.62. The Bertz CT molecular complexity index is 964. The van der Waals surface area contributed by atoms with Gasteiger partial charge in [-0.25, -0.2) is 13.9 Å². The maximum absolute atomic E-state index is 13.1. The van der Waals surface area contributed by atoms with Crippen LogP contribution in [0.2, 0.25) is 0 Å². The predicted molar refractivity (Wildman–Crippen MR) is 80.8 cm³/mol. The van der Waals surface area contributed by atoms with E-state index in [1.165, 1.54) is 36.1 Å². The summed E-state index contributed by atoms with van der Waals surface area (Å²) < 4.78 is 19.6. The number of fused-ring (bicyclic) bond motifs is 1. The molecule has 1 heterocycles. The molecule has 23 heavy (non-hydrogen) atoms. The molecule has 3 rings (SSSR count). The molecule has 116 valence electrons. The van der Waals surface area contributed by atoms with E-state index < -0.39 is 22.9 Å². The van der Waals surface area contributed by atoms with E-state index in [2.05, 4.69) is 5.10 Å². The smallest absolute Gasteiger partial charge is 0.360 e. The third-order valence-corrected chi connectivity index (χ3v) is 3.37. The van der Waals surface area contributed by atoms with E-state index in [4.69, 9.17) is 4.74 Å². The van der Waals surface area contributed by atoms with Crippen molar-refractivity contribution in [3.05, 3.63) is 64.2 Å². The lowest BCUT2D eigenvalue weighted by Crippen LogP contribution is -2.22. The van der Waals surface area contributed by atoms with Crippen molar-refractivity contribution in [1.29, 1.82) is 0 Å². The molecule has 3 aromatic rings. The summed E-state index contributed by atoms with van der Waals surface area (Å²) in [6.45, 7) is 0. The van der Waals surface area contributed by atoms with Crippen molar-refractivity contribution >= 4 is 16.9 Å². The van der Waals surface area contributed by atoms with Crippen LogP contribution in [0.1, 0.15) is 10.5 Å². The SMILES string of the molecule is COc1cccc2c1c(=O)c(C(=O)O)nn2-c1ccc(F)cc1. The molecule has 0 amide bonds. The van der Waals surface area contributed by atoms with Crippen LogP contribution in [0.4, 0.5) is 4.39 Å². The lowest BCUT2D eigenvalue weighted by Gasteiger charge is -2.12. The average Bonchev–Trinajstić information content (AvgIpc) is 2.55. The summed E-state index contributed by atoms with van der Waals surface area (Å²) in [4.78, 5) is 23.7. The Balaban J connectivity index is 2.46. The van der Waals surface area contributed by atoms with Gasteiger partial charge in [0.2, 0.25) is 11.1 Å². The molecule has 7 heteroatoms. The van der Waals surface area contributed by atoms with E-state index in [0.29, 0.717) is 11.2 Å². The standard InChI is InChI=1S/C16H11FN2O4/c1-23-12-4-2-3-11-13(12)15(20)14(16(21)22)18-19(11)10-7-5-9(17)6-8-10/h2-8H,1H3,(H,21,22). The zero-order valence-electron chi connectivity index (χ0n) is 12.0. The monoisotopic (exact) mass is 314 g/mol. The summed E-state index contributed by atoms with van der Waals surface area (Å²) in [5, 5.41) is 13.2. The average molecular weight is 314 g/mol. The van der Waals surface area contributed by atoms with E-state index in [0.717, 1.165) is 0 Å². The Morgan fingerprint density at radius 2 is 1.91 bits per heavy atom. The molecule has 0 unspecified atom stereocenters. The molecule has 2 aromatic carbocycles. The molecule has 0 aliphatic heterocycles. The summed E-state index contributed by atoms with van der Waals surface area (Å²) >= 11 is 0. The number of halogens is 1. The van der Waals surface area contributed by atoms with Crippen LogP contribution in [-0.4, -0.2) is 28.0 Å². The molecular weight excluding hydrogens is 303 g/mol. The first-order chi connectivity index (χ1) is 11.0. The summed E-state index contributed by atoms with van der Waals surface area (Å²) in [7, 11) is 1.39. The van der Waals surface area contributed by atoms with Crippen molar-refractivity contribution in [1.82, 2.24) is 9.78 Å². The fraction of sp³-hybridized carbons (Fsp3) is 0.0625. The lowest BCUT2D eigenvalue weighted by molar-refractivity contribution is 0.0687. The van der Waals surface area contributed by atoms with Crippen molar-refractivity contribution in [3.8, 4) is 11.4 Å². The third-order valence-electron chi connectivity index (χ3n) is 3.37. The van der Waals surface area contributed by atoms with Gasteiger partial charge in [-0.05, 0) is 36.4 Å². The molecule has 0 radical (unpaired) electrons. The molecule has 0 saturated carbocycles. The second-order valence-electron chi connectivity index (χ2n) is 4.73. The lowest BCUT2D eigenvalue weighted by atomic mass is 10.1. The number of nitrogens with zero attached hydrogens (tertiary/aromatic N) is 2. The van der Waals surface area contributed by atoms with Gasteiger partial charge in [0, 0.05) is 0 Å². The first-order valence-corrected chi connectivity index (χ1v) is 6.62. The second-order valence-corrected chi connectivity index (χ2v) is 4.73. The number of aromatic carboxylic acids is 1. The topological polar surface area (TPSA) is 81.4 Å². The molecule has 0 aliphatic carbocycles. The Kier molecular flexibility index (Phi) is 3.53. The van der Waals surface area contributed by atoms with Gasteiger partial charge in [0.15, 0.2) is 0 Å². The number of methoxy groups -OCH3 is 1. The van der Waals surface area contributed by atoms with Gasteiger partial charge in [0.05, 0.1) is 23.7 Å². The van der Waals surface area contributed by atoms with Crippen LogP contribution in [0.5, 0.6) is 5.75 Å². The second kappa shape index (κ2) is 5.53. The van der Waals surface area contributed by atoms with Gasteiger partial charge in [-0.15, -0.1) is 0 Å². The van der Waals surface area contributed by atoms with Crippen LogP contribution in [0.15, 0.2) is 47.3 Å². The van der Waals surface area contributed by atoms with E-state index in [-0.39, 0.29) is 11.1 Å². The highest BCUT2D eigenvalue weighted by atomic mass is 19.1. The molecule has 0 bridgehead atoms. The summed E-state index contributed by atoms with van der Waals surface area (Å²) in [6, 6.07) is 10.2. The normalized spacial score (nSPS) is 10.7. The number of carboxylic acid groups (broad SMARTS) is 1. The fourth-order valence-electron chi connectivity index (χ4n) is 2.33. The molecule has 6 nitrogen and oxygen atoms in total. The minimum Gasteiger partial charge on any atom is -0.496 e. The summed E-state index contributed by atoms with van der Waals surface area (Å²) in [5.41, 5.74) is -0.576. The van der Waals surface area contributed by atoms with Crippen LogP contribution in [0, 0.1) is 5.82 Å². The first kappa shape index (κ1) is 14.7. The molecular formula is C16H11FN2O4. The molecule has 1 N–H and O–H groups in total. The summed E-state index contributed by atoms with van der Waals surface area (Å²) in [6.07, 6.45) is 0. The number of carbonyl (C=O) groups is 1. The number of hydrogen-bond acceptors (Lipinski definition) is 4. The Morgan fingerprint density at radius 1 is 1.22 bits per heavy atom. The van der Waals surface area contributed by atoms with Crippen molar-refractivity contribution in [2.24, 2.45) is 0 Å². The quantitative estimate of drug-likeness (QED) is 0.802. The maximum Gasteiger partial charge on any atom is 0.360 e. The van der Waals surface area contributed by atoms with Crippen LogP contribution < -0.4 is 10.2 Å². The third kappa shape index (κ3) is 2.42. The summed E-state index contributed by atoms with van der Waals surface area (Å²) in [5.74, 6) is -1.64. The highest BCUT2D eigenvalue weighted by Gasteiger charge is 2.19. The Hall–Kier alpha value is -3.22. The molecule has 0 aliphatic rings. The molecule has 0 saturated heterocycles. The zero-order chi connectivity index (χ0) is 16.6. The minimum atomic E-state index is -1.45. The number of carboxylic acids is 1. The number of hydrogen-bond donors (Lipinski definition) is 1. The van der Waals surface area contributed by atoms with Crippen molar-refractivity contribution in [2.75, 3.05) is 7.11 Å². The van der Waals surface area contributed by atoms with Gasteiger partial charge in [-0.3, -0.25) is 4.79 Å². The van der Waals surface area contributed by atoms with Crippen molar-refractivity contribution < 1.29 is 19.0 Å². The van der Waals surface area contributed by atoms with E-state index in [1.807, 2.05) is 0 Å². The van der Waals surface area contributed by atoms with E-state index >= 15 is 0 Å². The molecule has 0 atom stereocenters. The van der Waals surface area contributed by atoms with Gasteiger partial charge in [-0.1, -0.05) is 6.07 Å². The van der Waals surface area contributed by atoms with Gasteiger partial charge in [-0.2, -0.15) is 5.10 Å². The van der Waals surface area contributed by atoms with Crippen LogP contribution in [-0.2, 0) is 0 Å². The number of benzene rings is 2. The van der Waals surface area contributed by atoms with Crippen LogP contribution in [0.25, 0.3) is 16.6 Å². The highest BCUT2D eigenvalue weighted by Crippen LogP contribution is 2.24. The van der Waals surface area contributed by atoms with Gasteiger partial charge >= 0.3 is 5.97 Å². The molecule has 1 aromatic heterocycles. The Labute approximate surface area is 129 Å². The van der Waals surface area contributed by atoms with Crippen molar-refractivity contribution in [3.63, 3.8) is 0 Å². The minimum absolute atomic E-state index is 0.103. The number of ether oxygens (including phenoxy) is 1. The Morgan fingerprint density at radius 3 is 2.52 bits per heavy atom. The van der Waals surface area contributed by atoms with E-state index in [1.54, 1.807) is 18.2 Å². The highest BCUT2D eigenvalue weighted by molar-refractivity contribution is 5.93. The van der Waals surface area contributed by atoms with E-state index in [9.17, 15) is 19.1 Å². The van der Waals surface area contributed by atoms with Gasteiger partial charge in [0.1, 0.15) is 11.6 Å². The predicted octanol–water partition coefficient (Wildman–Crippen LogP) is 2.23. The maximum atomic E-state index is 13.1. The molecule has 0 fully saturated rings. The van der Waals surface area contributed by atoms with Gasteiger partial charge < -0.3 is 9.84 Å². The number of rotatable bonds is 3. The number of aromatic nitrogens is 2.